The number of rotatable bonds is 14. The number of nitrogens with one attached hydrogen (secondary N) is 3. The van der Waals surface area contributed by atoms with E-state index in [-0.39, 0.29) is 17.2 Å². The maximum Gasteiger partial charge on any atom is 0.335 e. The van der Waals surface area contributed by atoms with Gasteiger partial charge in [0, 0.05) is 21.8 Å². The first-order valence-electron chi connectivity index (χ1n) is 15.8. The van der Waals surface area contributed by atoms with Crippen LogP contribution < -0.4 is 20.7 Å². The Morgan fingerprint density at radius 1 is 0.740 bits per heavy atom. The van der Waals surface area contributed by atoms with Gasteiger partial charge in [-0.05, 0) is 90.4 Å². The summed E-state index contributed by atoms with van der Waals surface area (Å²) >= 11 is 1.33. The number of carboxylic acids is 1. The highest BCUT2D eigenvalue weighted by molar-refractivity contribution is 8.00. The third-order valence-corrected chi connectivity index (χ3v) is 8.76. The topological polar surface area (TPSA) is 134 Å². The van der Waals surface area contributed by atoms with E-state index in [1.54, 1.807) is 91.0 Å². The molecular formula is C40H35N3O6S. The number of carboxylic acid groups (broad SMARTS) is 1. The molecule has 0 bridgehead atoms. The predicted octanol–water partition coefficient (Wildman–Crippen LogP) is 7.88. The summed E-state index contributed by atoms with van der Waals surface area (Å²) in [5.74, 6) is -1.59. The number of hydrogen-bond acceptors (Lipinski definition) is 6. The van der Waals surface area contributed by atoms with Gasteiger partial charge in [0.05, 0.1) is 10.8 Å². The van der Waals surface area contributed by atoms with Gasteiger partial charge in [-0.15, -0.1) is 11.8 Å². The minimum atomic E-state index is -1.04. The molecule has 252 valence electrons. The van der Waals surface area contributed by atoms with Crippen LogP contribution in [0.3, 0.4) is 0 Å². The third kappa shape index (κ3) is 10.2. The van der Waals surface area contributed by atoms with Gasteiger partial charge in [0.15, 0.2) is 0 Å². The average molecular weight is 686 g/mol. The molecule has 5 aromatic carbocycles. The second kappa shape index (κ2) is 17.3. The number of benzene rings is 5. The van der Waals surface area contributed by atoms with Crippen LogP contribution in [0, 0.1) is 0 Å². The monoisotopic (exact) mass is 685 g/mol. The highest BCUT2D eigenvalue weighted by Gasteiger charge is 2.20. The molecule has 5 rings (SSSR count). The molecule has 10 heteroatoms. The second-order valence-electron chi connectivity index (χ2n) is 11.1. The Kier molecular flexibility index (Phi) is 12.2. The minimum absolute atomic E-state index is 0.0367. The largest absolute Gasteiger partial charge is 0.489 e. The molecule has 0 aliphatic rings. The smallest absolute Gasteiger partial charge is 0.335 e. The Labute approximate surface area is 294 Å². The number of amides is 3. The highest BCUT2D eigenvalue weighted by Crippen LogP contribution is 2.29. The molecule has 0 aliphatic carbocycles. The first-order chi connectivity index (χ1) is 24.3. The average Bonchev–Trinajstić information content (AvgIpc) is 3.14. The van der Waals surface area contributed by atoms with Crippen molar-refractivity contribution in [3.8, 4) is 5.75 Å². The van der Waals surface area contributed by atoms with E-state index in [9.17, 15) is 19.2 Å². The lowest BCUT2D eigenvalue weighted by atomic mass is 10.1. The van der Waals surface area contributed by atoms with Crippen LogP contribution >= 0.6 is 11.8 Å². The third-order valence-electron chi connectivity index (χ3n) is 7.40. The standard InChI is InChI=1S/C40H35N3O6S/c1-2-36(39(46)41-31-20-18-30(19-21-31)40(47)48)50-34-15-9-14-32(25-34)42-38(45)35(43-37(44)29-12-7-4-8-13-29)24-27-16-22-33(23-17-27)49-26-28-10-5-3-6-11-28/h3-25,36H,2,26H2,1H3,(H,41,46)(H,42,45)(H,43,44)(H,47,48)/b35-24-. The van der Waals surface area contributed by atoms with Crippen LogP contribution in [0.15, 0.2) is 144 Å². The van der Waals surface area contributed by atoms with E-state index < -0.39 is 23.0 Å². The fourth-order valence-electron chi connectivity index (χ4n) is 4.76. The molecule has 0 radical (unpaired) electrons. The molecule has 1 unspecified atom stereocenters. The van der Waals surface area contributed by atoms with Gasteiger partial charge in [0.2, 0.25) is 5.91 Å². The van der Waals surface area contributed by atoms with Crippen LogP contribution in [-0.2, 0) is 16.2 Å². The number of carbonyl (C=O) groups is 4. The molecule has 5 aromatic rings. The summed E-state index contributed by atoms with van der Waals surface area (Å²) in [6.07, 6.45) is 2.12. The lowest BCUT2D eigenvalue weighted by Crippen LogP contribution is -2.30. The fraction of sp³-hybridized carbons (Fsp3) is 0.100. The van der Waals surface area contributed by atoms with Crippen LogP contribution in [0.25, 0.3) is 6.08 Å². The van der Waals surface area contributed by atoms with E-state index in [1.165, 1.54) is 23.9 Å². The van der Waals surface area contributed by atoms with E-state index in [0.29, 0.717) is 41.3 Å². The number of hydrogen-bond donors (Lipinski definition) is 4. The number of carbonyl (C=O) groups excluding carboxylic acids is 3. The lowest BCUT2D eigenvalue weighted by molar-refractivity contribution is -0.116. The van der Waals surface area contributed by atoms with Crippen molar-refractivity contribution in [1.29, 1.82) is 0 Å². The molecule has 0 saturated carbocycles. The predicted molar refractivity (Wildman–Crippen MR) is 196 cm³/mol. The van der Waals surface area contributed by atoms with Crippen LogP contribution in [-0.4, -0.2) is 34.0 Å². The van der Waals surface area contributed by atoms with Crippen molar-refractivity contribution in [2.24, 2.45) is 0 Å². The first-order valence-corrected chi connectivity index (χ1v) is 16.7. The number of ether oxygens (including phenoxy) is 1. The Balaban J connectivity index is 1.28. The molecule has 50 heavy (non-hydrogen) atoms. The van der Waals surface area contributed by atoms with Crippen molar-refractivity contribution in [3.63, 3.8) is 0 Å². The quantitative estimate of drug-likeness (QED) is 0.0690. The van der Waals surface area contributed by atoms with E-state index in [1.807, 2.05) is 43.3 Å². The van der Waals surface area contributed by atoms with E-state index in [2.05, 4.69) is 16.0 Å². The van der Waals surface area contributed by atoms with E-state index >= 15 is 0 Å². The molecule has 0 fully saturated rings. The van der Waals surface area contributed by atoms with Gasteiger partial charge in [-0.2, -0.15) is 0 Å². The summed E-state index contributed by atoms with van der Waals surface area (Å²) in [6.45, 7) is 2.31. The van der Waals surface area contributed by atoms with Gasteiger partial charge < -0.3 is 25.8 Å². The first kappa shape index (κ1) is 35.2. The molecule has 0 spiro atoms. The van der Waals surface area contributed by atoms with Crippen LogP contribution in [0.5, 0.6) is 5.75 Å². The zero-order valence-corrected chi connectivity index (χ0v) is 28.0. The van der Waals surface area contributed by atoms with Crippen LogP contribution in [0.4, 0.5) is 11.4 Å². The van der Waals surface area contributed by atoms with Crippen molar-refractivity contribution >= 4 is 52.9 Å². The normalized spacial score (nSPS) is 11.6. The maximum absolute atomic E-state index is 13.7. The van der Waals surface area contributed by atoms with Gasteiger partial charge >= 0.3 is 5.97 Å². The Hall–Kier alpha value is -6.13. The van der Waals surface area contributed by atoms with Gasteiger partial charge in [-0.1, -0.05) is 73.7 Å². The fourth-order valence-corrected chi connectivity index (χ4v) is 5.77. The Morgan fingerprint density at radius 3 is 2.08 bits per heavy atom. The van der Waals surface area contributed by atoms with Crippen molar-refractivity contribution in [2.75, 3.05) is 10.6 Å². The molecule has 3 amide bonds. The zero-order chi connectivity index (χ0) is 35.3. The summed E-state index contributed by atoms with van der Waals surface area (Å²) in [7, 11) is 0. The minimum Gasteiger partial charge on any atom is -0.489 e. The van der Waals surface area contributed by atoms with E-state index in [4.69, 9.17) is 9.84 Å². The summed E-state index contributed by atoms with van der Waals surface area (Å²) in [5, 5.41) is 17.1. The zero-order valence-electron chi connectivity index (χ0n) is 27.2. The van der Waals surface area contributed by atoms with Gasteiger partial charge in [-0.3, -0.25) is 14.4 Å². The highest BCUT2D eigenvalue weighted by atomic mass is 32.2. The Morgan fingerprint density at radius 2 is 1.42 bits per heavy atom. The lowest BCUT2D eigenvalue weighted by Gasteiger charge is -2.16. The van der Waals surface area contributed by atoms with Crippen LogP contribution in [0.1, 0.15) is 45.2 Å². The summed E-state index contributed by atoms with van der Waals surface area (Å²) in [6, 6.07) is 38.7. The summed E-state index contributed by atoms with van der Waals surface area (Å²) in [4.78, 5) is 51.7. The molecule has 1 atom stereocenters. The molecular weight excluding hydrogens is 651 g/mol. The van der Waals surface area contributed by atoms with Crippen molar-refractivity contribution in [3.05, 3.63) is 161 Å². The van der Waals surface area contributed by atoms with Gasteiger partial charge in [-0.25, -0.2) is 4.79 Å². The van der Waals surface area contributed by atoms with Crippen molar-refractivity contribution in [1.82, 2.24) is 5.32 Å². The number of thioether (sulfide) groups is 1. The van der Waals surface area contributed by atoms with E-state index in [0.717, 1.165) is 10.5 Å². The number of aromatic carboxylic acids is 1. The molecule has 0 heterocycles. The van der Waals surface area contributed by atoms with Crippen LogP contribution in [0.2, 0.25) is 0 Å². The molecule has 0 aliphatic heterocycles. The second-order valence-corrected chi connectivity index (χ2v) is 12.4. The van der Waals surface area contributed by atoms with Gasteiger partial charge in [0.1, 0.15) is 18.1 Å². The molecule has 0 saturated heterocycles. The Bertz CT molecular complexity index is 1960. The van der Waals surface area contributed by atoms with Gasteiger partial charge in [0.25, 0.3) is 11.8 Å². The summed E-state index contributed by atoms with van der Waals surface area (Å²) in [5.41, 5.74) is 3.25. The van der Waals surface area contributed by atoms with Crippen molar-refractivity contribution in [2.45, 2.75) is 30.1 Å². The SMILES string of the molecule is CCC(Sc1cccc(NC(=O)/C(=C/c2ccc(OCc3ccccc3)cc2)NC(=O)c2ccccc2)c1)C(=O)Nc1ccc(C(=O)O)cc1. The maximum atomic E-state index is 13.7. The molecule has 9 nitrogen and oxygen atoms in total. The summed E-state index contributed by atoms with van der Waals surface area (Å²) < 4.78 is 5.89. The number of anilines is 2. The molecule has 4 N–H and O–H groups in total. The van der Waals surface area contributed by atoms with Crippen molar-refractivity contribution < 1.29 is 29.0 Å². The molecule has 0 aromatic heterocycles.